The molecule has 0 spiro atoms. The topological polar surface area (TPSA) is 152 Å². The smallest absolute Gasteiger partial charge is 0.310 e. The van der Waals surface area contributed by atoms with E-state index >= 15 is 0 Å². The summed E-state index contributed by atoms with van der Waals surface area (Å²) in [5.74, 6) is -0.299. The monoisotopic (exact) mass is 614 g/mol. The number of para-hydroxylation sites is 1. The van der Waals surface area contributed by atoms with Crippen molar-refractivity contribution in [2.45, 2.75) is 31.3 Å². The van der Waals surface area contributed by atoms with Gasteiger partial charge in [-0.05, 0) is 44.5 Å². The molecule has 0 unspecified atom stereocenters. The lowest BCUT2D eigenvalue weighted by Gasteiger charge is -2.36. The molecular formula is C28H31FN6O7S. The maximum Gasteiger partial charge on any atom is 0.310 e. The Balaban J connectivity index is 1.57. The number of benzene rings is 1. The fourth-order valence-electron chi connectivity index (χ4n) is 5.09. The molecule has 1 aliphatic heterocycles. The third kappa shape index (κ3) is 6.16. The van der Waals surface area contributed by atoms with Gasteiger partial charge in [0, 0.05) is 13.1 Å². The zero-order valence-corrected chi connectivity index (χ0v) is 24.9. The number of furan rings is 1. The minimum atomic E-state index is -4.01. The number of aryl methyl sites for hydroxylation is 1. The van der Waals surface area contributed by atoms with Crippen molar-refractivity contribution in [1.82, 2.24) is 24.7 Å². The van der Waals surface area contributed by atoms with Gasteiger partial charge in [-0.3, -0.25) is 9.36 Å². The Bertz CT molecular complexity index is 1680. The van der Waals surface area contributed by atoms with Crippen LogP contribution in [0.25, 0.3) is 17.3 Å². The Morgan fingerprint density at radius 1 is 1.07 bits per heavy atom. The van der Waals surface area contributed by atoms with Crippen LogP contribution in [0.5, 0.6) is 11.5 Å². The minimum absolute atomic E-state index is 0.00914. The molecule has 0 bridgehead atoms. The summed E-state index contributed by atoms with van der Waals surface area (Å²) < 4.78 is 65.5. The lowest BCUT2D eigenvalue weighted by atomic mass is 9.98. The normalized spacial score (nSPS) is 17.1. The van der Waals surface area contributed by atoms with Crippen LogP contribution >= 0.6 is 0 Å². The van der Waals surface area contributed by atoms with Crippen molar-refractivity contribution in [1.29, 1.82) is 0 Å². The van der Waals surface area contributed by atoms with Crippen molar-refractivity contribution in [2.24, 2.45) is 5.92 Å². The molecule has 13 nitrogen and oxygen atoms in total. The molecule has 0 saturated carbocycles. The Labute approximate surface area is 247 Å². The van der Waals surface area contributed by atoms with Gasteiger partial charge in [0.2, 0.25) is 11.8 Å². The molecule has 5 rings (SSSR count). The van der Waals surface area contributed by atoms with E-state index in [1.165, 1.54) is 14.2 Å². The fourth-order valence-corrected chi connectivity index (χ4v) is 6.80. The summed E-state index contributed by atoms with van der Waals surface area (Å²) in [5.41, 5.74) is 0.390. The quantitative estimate of drug-likeness (QED) is 0.241. The molecule has 1 fully saturated rings. The summed E-state index contributed by atoms with van der Waals surface area (Å²) in [6.07, 6.45) is 1.98. The average Bonchev–Trinajstić information content (AvgIpc) is 3.62. The number of anilines is 1. The van der Waals surface area contributed by atoms with Crippen LogP contribution < -0.4 is 14.4 Å². The standard InChI is InChI=1S/C28H31FN6O7S/c1-5-41-27(36)18-11-20(15-34(14-18)28-30-12-19(29)13-31-28)43(37,38)16-24-32-33-26(23-10-9-17(2)42-23)35(24)25-21(39-3)7-6-8-22(25)40-4/h6-10,12-13,18,20H,5,11,14-16H2,1-4H3/t18-,20-/m1/s1. The number of halogens is 1. The molecule has 1 aromatic carbocycles. The summed E-state index contributed by atoms with van der Waals surface area (Å²) in [5, 5.41) is 7.53. The second-order valence-electron chi connectivity index (χ2n) is 9.92. The second kappa shape index (κ2) is 12.4. The molecule has 2 atom stereocenters. The number of esters is 1. The first-order valence-electron chi connectivity index (χ1n) is 13.5. The van der Waals surface area contributed by atoms with Crippen molar-refractivity contribution in [2.75, 3.05) is 38.8 Å². The van der Waals surface area contributed by atoms with Crippen LogP contribution in [0.4, 0.5) is 10.3 Å². The van der Waals surface area contributed by atoms with E-state index in [4.69, 9.17) is 18.6 Å². The SMILES string of the molecule is CCOC(=O)[C@@H]1C[C@@H](S(=O)(=O)Cc2nnc(-c3ccc(C)o3)n2-c2c(OC)cccc2OC)CN(c2ncc(F)cn2)C1. The molecule has 43 heavy (non-hydrogen) atoms. The predicted octanol–water partition coefficient (Wildman–Crippen LogP) is 3.16. The van der Waals surface area contributed by atoms with E-state index in [1.807, 2.05) is 0 Å². The summed E-state index contributed by atoms with van der Waals surface area (Å²) in [4.78, 5) is 22.3. The van der Waals surface area contributed by atoms with Crippen LogP contribution in [0.15, 0.2) is 47.1 Å². The number of hydrogen-bond donors (Lipinski definition) is 0. The molecule has 0 radical (unpaired) electrons. The molecule has 0 amide bonds. The van der Waals surface area contributed by atoms with E-state index in [0.717, 1.165) is 12.4 Å². The van der Waals surface area contributed by atoms with Gasteiger partial charge in [0.15, 0.2) is 27.2 Å². The van der Waals surface area contributed by atoms with E-state index in [9.17, 15) is 17.6 Å². The fraction of sp³-hybridized carbons (Fsp3) is 0.393. The average molecular weight is 615 g/mol. The van der Waals surface area contributed by atoms with Crippen LogP contribution in [0.2, 0.25) is 0 Å². The van der Waals surface area contributed by atoms with Crippen LogP contribution in [0, 0.1) is 18.7 Å². The Morgan fingerprint density at radius 3 is 2.37 bits per heavy atom. The van der Waals surface area contributed by atoms with Gasteiger partial charge in [-0.15, -0.1) is 10.2 Å². The van der Waals surface area contributed by atoms with Gasteiger partial charge in [0.1, 0.15) is 28.7 Å². The van der Waals surface area contributed by atoms with Gasteiger partial charge < -0.3 is 23.5 Å². The number of hydrogen-bond acceptors (Lipinski definition) is 12. The van der Waals surface area contributed by atoms with Crippen LogP contribution in [-0.4, -0.2) is 78.3 Å². The van der Waals surface area contributed by atoms with Gasteiger partial charge in [-0.1, -0.05) is 6.07 Å². The number of nitrogens with zero attached hydrogens (tertiary/aromatic N) is 6. The van der Waals surface area contributed by atoms with Gasteiger partial charge >= 0.3 is 5.97 Å². The van der Waals surface area contributed by atoms with E-state index in [1.54, 1.807) is 53.6 Å². The molecule has 3 aromatic heterocycles. The molecule has 4 heterocycles. The highest BCUT2D eigenvalue weighted by atomic mass is 32.2. The second-order valence-corrected chi connectivity index (χ2v) is 12.2. The molecular weight excluding hydrogens is 583 g/mol. The lowest BCUT2D eigenvalue weighted by molar-refractivity contribution is -0.148. The number of carbonyl (C=O) groups excluding carboxylic acids is 1. The Morgan fingerprint density at radius 2 is 1.77 bits per heavy atom. The van der Waals surface area contributed by atoms with Gasteiger partial charge in [0.05, 0.1) is 44.4 Å². The molecule has 4 aromatic rings. The molecule has 15 heteroatoms. The van der Waals surface area contributed by atoms with E-state index in [2.05, 4.69) is 20.2 Å². The predicted molar refractivity (Wildman–Crippen MR) is 152 cm³/mol. The third-order valence-electron chi connectivity index (χ3n) is 7.08. The first-order chi connectivity index (χ1) is 20.6. The number of methoxy groups -OCH3 is 2. The van der Waals surface area contributed by atoms with Gasteiger partial charge in [0.25, 0.3) is 0 Å². The number of piperidine rings is 1. The van der Waals surface area contributed by atoms with Crippen molar-refractivity contribution in [3.63, 3.8) is 0 Å². The lowest BCUT2D eigenvalue weighted by Crippen LogP contribution is -2.49. The van der Waals surface area contributed by atoms with Crippen LogP contribution in [0.1, 0.15) is 24.9 Å². The summed E-state index contributed by atoms with van der Waals surface area (Å²) >= 11 is 0. The minimum Gasteiger partial charge on any atom is -0.494 e. The van der Waals surface area contributed by atoms with Gasteiger partial charge in [-0.25, -0.2) is 22.8 Å². The zero-order valence-electron chi connectivity index (χ0n) is 24.1. The summed E-state index contributed by atoms with van der Waals surface area (Å²) in [6.45, 7) is 3.68. The van der Waals surface area contributed by atoms with Crippen LogP contribution in [-0.2, 0) is 25.1 Å². The molecule has 0 aliphatic carbocycles. The largest absolute Gasteiger partial charge is 0.494 e. The number of sulfone groups is 1. The van der Waals surface area contributed by atoms with E-state index in [0.29, 0.717) is 28.7 Å². The summed E-state index contributed by atoms with van der Waals surface area (Å²) in [7, 11) is -1.04. The molecule has 1 saturated heterocycles. The highest BCUT2D eigenvalue weighted by molar-refractivity contribution is 7.91. The van der Waals surface area contributed by atoms with Crippen molar-refractivity contribution >= 4 is 21.8 Å². The first-order valence-corrected chi connectivity index (χ1v) is 15.2. The number of ether oxygens (including phenoxy) is 3. The maximum atomic E-state index is 14.1. The molecule has 1 aliphatic rings. The number of carbonyl (C=O) groups is 1. The Kier molecular flexibility index (Phi) is 8.62. The van der Waals surface area contributed by atoms with Crippen LogP contribution in [0.3, 0.4) is 0 Å². The highest BCUT2D eigenvalue weighted by Crippen LogP contribution is 2.37. The van der Waals surface area contributed by atoms with Gasteiger partial charge in [-0.2, -0.15) is 0 Å². The van der Waals surface area contributed by atoms with Crippen molar-refractivity contribution in [3.05, 3.63) is 60.1 Å². The molecule has 0 N–H and O–H groups in total. The number of rotatable bonds is 10. The van der Waals surface area contributed by atoms with Crippen molar-refractivity contribution < 1.29 is 36.2 Å². The number of aromatic nitrogens is 5. The van der Waals surface area contributed by atoms with E-state index in [-0.39, 0.29) is 43.7 Å². The first kappa shape index (κ1) is 29.9. The van der Waals surface area contributed by atoms with Crippen molar-refractivity contribution in [3.8, 4) is 28.8 Å². The van der Waals surface area contributed by atoms with E-state index < -0.39 is 38.5 Å². The Hall–Kier alpha value is -4.53. The maximum absolute atomic E-state index is 14.1. The zero-order chi connectivity index (χ0) is 30.7. The molecule has 228 valence electrons. The third-order valence-corrected chi connectivity index (χ3v) is 9.09. The summed E-state index contributed by atoms with van der Waals surface area (Å²) in [6, 6.07) is 8.62. The highest BCUT2D eigenvalue weighted by Gasteiger charge is 2.41.